The van der Waals surface area contributed by atoms with Crippen molar-refractivity contribution in [2.75, 3.05) is 7.11 Å². The topological polar surface area (TPSA) is 44.5 Å². The van der Waals surface area contributed by atoms with E-state index in [4.69, 9.17) is 38.4 Å². The molecule has 0 aliphatic carbocycles. The number of methoxy groups -OCH3 is 1. The van der Waals surface area contributed by atoms with Gasteiger partial charge in [-0.05, 0) is 18.2 Å². The van der Waals surface area contributed by atoms with Crippen molar-refractivity contribution in [3.8, 4) is 11.5 Å². The van der Waals surface area contributed by atoms with Gasteiger partial charge in [-0.2, -0.15) is 0 Å². The minimum atomic E-state index is 0.331. The maximum atomic E-state index is 5.99. The van der Waals surface area contributed by atoms with E-state index in [2.05, 4.69) is 0 Å². The highest BCUT2D eigenvalue weighted by Gasteiger charge is 2.12. The molecule has 0 unspecified atom stereocenters. The molecule has 0 radical (unpaired) electrons. The van der Waals surface area contributed by atoms with Crippen molar-refractivity contribution in [3.05, 3.63) is 44.1 Å². The van der Waals surface area contributed by atoms with E-state index in [0.29, 0.717) is 29.7 Å². The summed E-state index contributed by atoms with van der Waals surface area (Å²) in [7, 11) is 1.57. The second-order valence-electron chi connectivity index (χ2n) is 3.79. The van der Waals surface area contributed by atoms with Gasteiger partial charge in [-0.3, -0.25) is 0 Å². The SMILES string of the molecule is COc1cc(Cl)cc(CN)c1OCc1ccc(Cl)s1. The average molecular weight is 318 g/mol. The van der Waals surface area contributed by atoms with Crippen LogP contribution in [0.15, 0.2) is 24.3 Å². The highest BCUT2D eigenvalue weighted by Crippen LogP contribution is 2.35. The number of benzene rings is 1. The number of ether oxygens (including phenoxy) is 2. The van der Waals surface area contributed by atoms with Gasteiger partial charge in [0.2, 0.25) is 0 Å². The monoisotopic (exact) mass is 317 g/mol. The second-order valence-corrected chi connectivity index (χ2v) is 6.03. The summed E-state index contributed by atoms with van der Waals surface area (Å²) in [4.78, 5) is 1.03. The Morgan fingerprint density at radius 3 is 2.63 bits per heavy atom. The van der Waals surface area contributed by atoms with E-state index >= 15 is 0 Å². The molecule has 0 atom stereocenters. The van der Waals surface area contributed by atoms with Crippen molar-refractivity contribution in [2.24, 2.45) is 5.73 Å². The van der Waals surface area contributed by atoms with Crippen molar-refractivity contribution in [1.29, 1.82) is 0 Å². The van der Waals surface area contributed by atoms with Crippen LogP contribution in [0.25, 0.3) is 0 Å². The fourth-order valence-electron chi connectivity index (χ4n) is 1.66. The van der Waals surface area contributed by atoms with Gasteiger partial charge in [0.15, 0.2) is 11.5 Å². The molecule has 102 valence electrons. The molecule has 0 saturated heterocycles. The fraction of sp³-hybridized carbons (Fsp3) is 0.231. The van der Waals surface area contributed by atoms with Crippen molar-refractivity contribution in [1.82, 2.24) is 0 Å². The molecule has 2 N–H and O–H groups in total. The molecule has 2 aromatic rings. The van der Waals surface area contributed by atoms with Gasteiger partial charge < -0.3 is 15.2 Å². The first-order chi connectivity index (χ1) is 9.13. The molecule has 0 bridgehead atoms. The zero-order valence-electron chi connectivity index (χ0n) is 10.3. The minimum absolute atomic E-state index is 0.331. The van der Waals surface area contributed by atoms with Crippen LogP contribution in [0.1, 0.15) is 10.4 Å². The Morgan fingerprint density at radius 2 is 2.05 bits per heavy atom. The van der Waals surface area contributed by atoms with Crippen LogP contribution in [0.2, 0.25) is 9.36 Å². The van der Waals surface area contributed by atoms with E-state index in [1.54, 1.807) is 19.2 Å². The molecule has 0 spiro atoms. The molecule has 0 amide bonds. The molecule has 1 aromatic heterocycles. The Kier molecular flexibility index (Phi) is 4.93. The zero-order chi connectivity index (χ0) is 13.8. The molecule has 0 fully saturated rings. The lowest BCUT2D eigenvalue weighted by molar-refractivity contribution is 0.284. The molecule has 6 heteroatoms. The Morgan fingerprint density at radius 1 is 1.26 bits per heavy atom. The van der Waals surface area contributed by atoms with Crippen molar-refractivity contribution >= 4 is 34.5 Å². The molecule has 1 aromatic carbocycles. The third kappa shape index (κ3) is 3.54. The molecule has 2 rings (SSSR count). The minimum Gasteiger partial charge on any atom is -0.493 e. The van der Waals surface area contributed by atoms with Crippen LogP contribution in [0, 0.1) is 0 Å². The van der Waals surface area contributed by atoms with E-state index in [9.17, 15) is 0 Å². The van der Waals surface area contributed by atoms with Gasteiger partial charge in [-0.25, -0.2) is 0 Å². The van der Waals surface area contributed by atoms with Crippen LogP contribution >= 0.6 is 34.5 Å². The number of thiophene rings is 1. The maximum Gasteiger partial charge on any atom is 0.166 e. The second kappa shape index (κ2) is 6.48. The van der Waals surface area contributed by atoms with Crippen LogP contribution in [-0.4, -0.2) is 7.11 Å². The Bertz CT molecular complexity index is 547. The molecule has 19 heavy (non-hydrogen) atoms. The summed E-state index contributed by atoms with van der Waals surface area (Å²) in [6, 6.07) is 7.25. The van der Waals surface area contributed by atoms with Crippen LogP contribution in [0.3, 0.4) is 0 Å². The first-order valence-electron chi connectivity index (χ1n) is 5.57. The fourth-order valence-corrected chi connectivity index (χ4v) is 2.89. The molecular weight excluding hydrogens is 305 g/mol. The first kappa shape index (κ1) is 14.5. The van der Waals surface area contributed by atoms with E-state index in [-0.39, 0.29) is 0 Å². The first-order valence-corrected chi connectivity index (χ1v) is 7.14. The number of rotatable bonds is 5. The summed E-state index contributed by atoms with van der Waals surface area (Å²) in [6.07, 6.45) is 0. The summed E-state index contributed by atoms with van der Waals surface area (Å²) in [5, 5.41) is 0.573. The van der Waals surface area contributed by atoms with E-state index in [1.165, 1.54) is 11.3 Å². The lowest BCUT2D eigenvalue weighted by atomic mass is 10.2. The van der Waals surface area contributed by atoms with Crippen LogP contribution in [0.4, 0.5) is 0 Å². The quantitative estimate of drug-likeness (QED) is 0.902. The third-order valence-electron chi connectivity index (χ3n) is 2.52. The molecule has 0 aliphatic rings. The van der Waals surface area contributed by atoms with Gasteiger partial charge in [0.05, 0.1) is 11.4 Å². The highest BCUT2D eigenvalue weighted by atomic mass is 35.5. The number of hydrogen-bond donors (Lipinski definition) is 1. The van der Waals surface area contributed by atoms with Crippen LogP contribution in [-0.2, 0) is 13.2 Å². The van der Waals surface area contributed by atoms with Crippen molar-refractivity contribution in [3.63, 3.8) is 0 Å². The predicted octanol–water partition coefficient (Wildman–Crippen LogP) is 4.10. The van der Waals surface area contributed by atoms with Gasteiger partial charge in [0.1, 0.15) is 6.61 Å². The summed E-state index contributed by atoms with van der Waals surface area (Å²) in [6.45, 7) is 0.750. The average Bonchev–Trinajstić information content (AvgIpc) is 2.81. The largest absolute Gasteiger partial charge is 0.493 e. The van der Waals surface area contributed by atoms with E-state index in [1.807, 2.05) is 12.1 Å². The standard InChI is InChI=1S/C13H13Cl2NO2S/c1-17-11-5-9(14)4-8(6-16)13(11)18-7-10-2-3-12(15)19-10/h2-5H,6-7,16H2,1H3. The molecule has 0 saturated carbocycles. The Labute approximate surface area is 125 Å². The Hall–Kier alpha value is -0.940. The normalized spacial score (nSPS) is 10.5. The van der Waals surface area contributed by atoms with Crippen LogP contribution in [0.5, 0.6) is 11.5 Å². The van der Waals surface area contributed by atoms with Crippen molar-refractivity contribution in [2.45, 2.75) is 13.2 Å². The van der Waals surface area contributed by atoms with E-state index < -0.39 is 0 Å². The van der Waals surface area contributed by atoms with Gasteiger partial charge in [-0.15, -0.1) is 11.3 Å². The lowest BCUT2D eigenvalue weighted by Crippen LogP contribution is -2.04. The molecule has 0 aliphatic heterocycles. The number of hydrogen-bond acceptors (Lipinski definition) is 4. The summed E-state index contributed by atoms with van der Waals surface area (Å²) in [5.74, 6) is 1.20. The Balaban J connectivity index is 2.23. The van der Waals surface area contributed by atoms with Gasteiger partial charge in [0, 0.05) is 28.1 Å². The zero-order valence-corrected chi connectivity index (χ0v) is 12.6. The summed E-state index contributed by atoms with van der Waals surface area (Å²) in [5.41, 5.74) is 6.52. The lowest BCUT2D eigenvalue weighted by Gasteiger charge is -2.14. The number of halogens is 2. The van der Waals surface area contributed by atoms with Gasteiger partial charge in [-0.1, -0.05) is 23.2 Å². The smallest absolute Gasteiger partial charge is 0.166 e. The summed E-state index contributed by atoms with van der Waals surface area (Å²) >= 11 is 13.4. The molecule has 3 nitrogen and oxygen atoms in total. The summed E-state index contributed by atoms with van der Waals surface area (Å²) < 4.78 is 11.8. The maximum absolute atomic E-state index is 5.99. The third-order valence-corrected chi connectivity index (χ3v) is 3.95. The molecule has 1 heterocycles. The number of nitrogens with two attached hydrogens (primary N) is 1. The highest BCUT2D eigenvalue weighted by molar-refractivity contribution is 7.16. The van der Waals surface area contributed by atoms with Gasteiger partial charge >= 0.3 is 0 Å². The van der Waals surface area contributed by atoms with E-state index in [0.717, 1.165) is 14.8 Å². The molecular formula is C13H13Cl2NO2S. The van der Waals surface area contributed by atoms with Gasteiger partial charge in [0.25, 0.3) is 0 Å². The van der Waals surface area contributed by atoms with Crippen molar-refractivity contribution < 1.29 is 9.47 Å². The van der Waals surface area contributed by atoms with Crippen LogP contribution < -0.4 is 15.2 Å². The predicted molar refractivity (Wildman–Crippen MR) is 79.6 cm³/mol.